The number of carboxylic acid groups (broad SMARTS) is 1. The molecule has 0 unspecified atom stereocenters. The summed E-state index contributed by atoms with van der Waals surface area (Å²) in [6.07, 6.45) is 8.06. The van der Waals surface area contributed by atoms with Crippen molar-refractivity contribution in [1.82, 2.24) is 15.2 Å². The summed E-state index contributed by atoms with van der Waals surface area (Å²) in [6, 6.07) is 32.5. The van der Waals surface area contributed by atoms with E-state index in [1.165, 1.54) is 36.2 Å². The van der Waals surface area contributed by atoms with E-state index in [-0.39, 0.29) is 18.4 Å². The van der Waals surface area contributed by atoms with Gasteiger partial charge in [-0.1, -0.05) is 98.6 Å². The Bertz CT molecular complexity index is 1870. The zero-order valence-corrected chi connectivity index (χ0v) is 28.9. The molecule has 0 saturated heterocycles. The van der Waals surface area contributed by atoms with Crippen LogP contribution in [0.1, 0.15) is 64.5 Å². The Morgan fingerprint density at radius 3 is 2.24 bits per heavy atom. The molecule has 1 aromatic heterocycles. The Kier molecular flexibility index (Phi) is 13.1. The highest BCUT2D eigenvalue weighted by atomic mass is 32.1. The maximum Gasteiger partial charge on any atom is 0.341 e. The van der Waals surface area contributed by atoms with Crippen LogP contribution >= 0.6 is 11.3 Å². The van der Waals surface area contributed by atoms with Crippen LogP contribution in [0.15, 0.2) is 115 Å². The number of amides is 2. The maximum atomic E-state index is 13.4. The topological polar surface area (TPSA) is 109 Å². The van der Waals surface area contributed by atoms with Crippen LogP contribution in [0.2, 0.25) is 0 Å². The van der Waals surface area contributed by atoms with E-state index < -0.39 is 12.6 Å². The van der Waals surface area contributed by atoms with Crippen molar-refractivity contribution >= 4 is 35.2 Å². The first-order valence-corrected chi connectivity index (χ1v) is 17.6. The molecule has 256 valence electrons. The minimum atomic E-state index is -1.05. The van der Waals surface area contributed by atoms with Crippen molar-refractivity contribution in [2.45, 2.75) is 52.2 Å². The predicted octanol–water partition coefficient (Wildman–Crippen LogP) is 8.18. The minimum absolute atomic E-state index is 0.136. The Hall–Kier alpha value is -5.54. The van der Waals surface area contributed by atoms with Crippen LogP contribution in [0.25, 0.3) is 16.6 Å². The first kappa shape index (κ1) is 35.8. The van der Waals surface area contributed by atoms with Gasteiger partial charge in [-0.2, -0.15) is 0 Å². The number of unbranched alkanes of at least 4 members (excludes halogenated alkanes) is 2. The third-order valence-electron chi connectivity index (χ3n) is 8.03. The molecular formula is C41H41N3O5S. The first-order chi connectivity index (χ1) is 24.4. The summed E-state index contributed by atoms with van der Waals surface area (Å²) in [5, 5.41) is 14.6. The van der Waals surface area contributed by atoms with Gasteiger partial charge in [0, 0.05) is 35.7 Å². The van der Waals surface area contributed by atoms with Gasteiger partial charge in [-0.25, -0.2) is 9.78 Å². The average molecular weight is 688 g/mol. The van der Waals surface area contributed by atoms with Crippen molar-refractivity contribution in [2.24, 2.45) is 0 Å². The molecule has 5 rings (SSSR count). The van der Waals surface area contributed by atoms with E-state index in [1.54, 1.807) is 41.3 Å². The number of nitrogens with zero attached hydrogens (tertiary/aromatic N) is 2. The lowest BCUT2D eigenvalue weighted by Gasteiger charge is -2.21. The summed E-state index contributed by atoms with van der Waals surface area (Å²) in [5.74, 6) is -0.922. The Morgan fingerprint density at radius 1 is 0.840 bits per heavy atom. The van der Waals surface area contributed by atoms with Crippen LogP contribution in [0.5, 0.6) is 5.75 Å². The molecular weight excluding hydrogens is 647 g/mol. The van der Waals surface area contributed by atoms with Crippen LogP contribution < -0.4 is 10.1 Å². The number of thiazole rings is 1. The fraction of sp³-hybridized carbons (Fsp3) is 0.220. The van der Waals surface area contributed by atoms with E-state index in [0.29, 0.717) is 24.4 Å². The molecule has 0 fully saturated rings. The van der Waals surface area contributed by atoms with E-state index >= 15 is 0 Å². The number of ether oxygens (including phenoxy) is 1. The molecule has 0 spiro atoms. The summed E-state index contributed by atoms with van der Waals surface area (Å²) in [4.78, 5) is 43.7. The predicted molar refractivity (Wildman–Crippen MR) is 198 cm³/mol. The second-order valence-corrected chi connectivity index (χ2v) is 12.8. The van der Waals surface area contributed by atoms with Gasteiger partial charge in [0.25, 0.3) is 5.91 Å². The fourth-order valence-corrected chi connectivity index (χ4v) is 6.08. The van der Waals surface area contributed by atoms with Crippen LogP contribution in [0, 0.1) is 0 Å². The maximum absolute atomic E-state index is 13.4. The number of benzene rings is 4. The summed E-state index contributed by atoms with van der Waals surface area (Å²) in [5.41, 5.74) is 6.36. The van der Waals surface area contributed by atoms with Gasteiger partial charge in [0.1, 0.15) is 10.8 Å². The number of nitrogens with one attached hydrogen (secondary N) is 1. The third kappa shape index (κ3) is 11.0. The molecule has 8 nitrogen and oxygen atoms in total. The van der Waals surface area contributed by atoms with Crippen molar-refractivity contribution in [2.75, 3.05) is 6.61 Å². The molecule has 9 heteroatoms. The second-order valence-electron chi connectivity index (χ2n) is 11.9. The number of carboxylic acids is 1. The van der Waals surface area contributed by atoms with Gasteiger partial charge < -0.3 is 20.1 Å². The molecule has 5 aromatic rings. The Balaban J connectivity index is 1.21. The Labute approximate surface area is 297 Å². The summed E-state index contributed by atoms with van der Waals surface area (Å²) < 4.78 is 5.25. The smallest absolute Gasteiger partial charge is 0.341 e. The summed E-state index contributed by atoms with van der Waals surface area (Å²) in [7, 11) is 0. The number of aliphatic carboxylic acids is 1. The molecule has 50 heavy (non-hydrogen) atoms. The van der Waals surface area contributed by atoms with Crippen molar-refractivity contribution in [3.05, 3.63) is 148 Å². The quantitative estimate of drug-likeness (QED) is 0.0754. The molecule has 0 aliphatic rings. The molecule has 0 aliphatic heterocycles. The largest absolute Gasteiger partial charge is 0.482 e. The van der Waals surface area contributed by atoms with E-state index in [2.05, 4.69) is 36.5 Å². The molecule has 2 N–H and O–H groups in total. The number of carbonyl (C=O) groups is 3. The minimum Gasteiger partial charge on any atom is -0.482 e. The highest BCUT2D eigenvalue weighted by Gasteiger charge is 2.16. The molecule has 0 bridgehead atoms. The highest BCUT2D eigenvalue weighted by Crippen LogP contribution is 2.25. The number of carbonyl (C=O) groups excluding carboxylic acids is 2. The lowest BCUT2D eigenvalue weighted by molar-refractivity contribution is -0.139. The monoisotopic (exact) mass is 687 g/mol. The van der Waals surface area contributed by atoms with Crippen LogP contribution in [0.3, 0.4) is 0 Å². The van der Waals surface area contributed by atoms with Crippen molar-refractivity contribution in [3.63, 3.8) is 0 Å². The van der Waals surface area contributed by atoms with E-state index in [1.807, 2.05) is 60.0 Å². The molecule has 2 amide bonds. The van der Waals surface area contributed by atoms with Crippen molar-refractivity contribution in [1.29, 1.82) is 0 Å². The Morgan fingerprint density at radius 2 is 1.54 bits per heavy atom. The normalized spacial score (nSPS) is 11.0. The van der Waals surface area contributed by atoms with E-state index in [9.17, 15) is 14.4 Å². The van der Waals surface area contributed by atoms with Gasteiger partial charge >= 0.3 is 5.97 Å². The lowest BCUT2D eigenvalue weighted by Crippen LogP contribution is -2.28. The molecule has 0 radical (unpaired) electrons. The standard InChI is InChI=1S/C41H41N3O5S/c1-2-3-5-8-31-11-13-32(14-12-31)25-42-40(48)34-18-20-35(21-19-34)41-43-36(29-50-41)27-44(38(45)24-17-30-9-6-4-7-10-30)26-33-15-22-37(23-16-33)49-28-39(46)47/h4,6-7,9-24,29H,2-3,5,8,25-28H2,1H3,(H,42,48)(H,46,47)/b24-17+. The fourth-order valence-electron chi connectivity index (χ4n) is 5.26. The summed E-state index contributed by atoms with van der Waals surface area (Å²) in [6.45, 7) is 2.84. The SMILES string of the molecule is CCCCCc1ccc(CNC(=O)c2ccc(-c3nc(CN(Cc4ccc(OCC(=O)O)cc4)C(=O)/C=C/c4ccccc4)cs3)cc2)cc1. The molecule has 4 aromatic carbocycles. The van der Waals surface area contributed by atoms with Crippen LogP contribution in [-0.2, 0) is 35.6 Å². The highest BCUT2D eigenvalue weighted by molar-refractivity contribution is 7.13. The number of aromatic nitrogens is 1. The first-order valence-electron chi connectivity index (χ1n) is 16.7. The van der Waals surface area contributed by atoms with E-state index in [0.717, 1.165) is 39.4 Å². The number of hydrogen-bond donors (Lipinski definition) is 2. The van der Waals surface area contributed by atoms with Crippen molar-refractivity contribution in [3.8, 4) is 16.3 Å². The average Bonchev–Trinajstić information content (AvgIpc) is 3.62. The van der Waals surface area contributed by atoms with Gasteiger partial charge in [-0.3, -0.25) is 9.59 Å². The van der Waals surface area contributed by atoms with Gasteiger partial charge in [0.15, 0.2) is 6.61 Å². The van der Waals surface area contributed by atoms with E-state index in [4.69, 9.17) is 14.8 Å². The third-order valence-corrected chi connectivity index (χ3v) is 8.97. The van der Waals surface area contributed by atoms with Gasteiger partial charge in [-0.15, -0.1) is 11.3 Å². The molecule has 0 aliphatic carbocycles. The van der Waals surface area contributed by atoms with Gasteiger partial charge in [0.2, 0.25) is 5.91 Å². The zero-order valence-electron chi connectivity index (χ0n) is 28.1. The molecule has 0 saturated carbocycles. The number of rotatable bonds is 17. The lowest BCUT2D eigenvalue weighted by atomic mass is 10.1. The molecule has 1 heterocycles. The van der Waals surface area contributed by atoms with Crippen LogP contribution in [0.4, 0.5) is 0 Å². The van der Waals surface area contributed by atoms with Gasteiger partial charge in [0.05, 0.1) is 12.2 Å². The van der Waals surface area contributed by atoms with Gasteiger partial charge in [-0.05, 0) is 65.4 Å². The van der Waals surface area contributed by atoms with Crippen LogP contribution in [-0.4, -0.2) is 39.4 Å². The number of aryl methyl sites for hydroxylation is 1. The summed E-state index contributed by atoms with van der Waals surface area (Å²) >= 11 is 1.48. The second kappa shape index (κ2) is 18.3. The molecule has 0 atom stereocenters. The zero-order chi connectivity index (χ0) is 35.1. The number of hydrogen-bond acceptors (Lipinski definition) is 6. The van der Waals surface area contributed by atoms with Crippen molar-refractivity contribution < 1.29 is 24.2 Å².